The highest BCUT2D eigenvalue weighted by atomic mass is 16.7. The fraction of sp³-hybridized carbons (Fsp3) is 0.429. The molecule has 86 valence electrons. The number of ether oxygens (including phenoxy) is 2. The Morgan fingerprint density at radius 3 is 2.75 bits per heavy atom. The Labute approximate surface area is 96.9 Å². The molecular weight excluding hydrogens is 200 g/mol. The normalized spacial score (nSPS) is 19.1. The van der Waals surface area contributed by atoms with Crippen LogP contribution in [0.5, 0.6) is 5.75 Å². The number of benzene rings is 1. The first-order valence-electron chi connectivity index (χ1n) is 5.60. The summed E-state index contributed by atoms with van der Waals surface area (Å²) in [6.45, 7) is 7.12. The zero-order valence-electron chi connectivity index (χ0n) is 10.1. The van der Waals surface area contributed by atoms with Gasteiger partial charge in [0.05, 0.1) is 6.61 Å². The largest absolute Gasteiger partial charge is 0.461 e. The second-order valence-corrected chi connectivity index (χ2v) is 5.25. The lowest BCUT2D eigenvalue weighted by molar-refractivity contribution is -0.0720. The van der Waals surface area contributed by atoms with Crippen LogP contribution in [-0.4, -0.2) is 12.9 Å². The van der Waals surface area contributed by atoms with Gasteiger partial charge < -0.3 is 9.47 Å². The topological polar surface area (TPSA) is 18.5 Å². The van der Waals surface area contributed by atoms with Gasteiger partial charge in [-0.05, 0) is 23.6 Å². The SMILES string of the molecule is CC(C)(C)COC1C=Cc2ccccc2O1. The van der Waals surface area contributed by atoms with Crippen molar-refractivity contribution in [3.63, 3.8) is 0 Å². The van der Waals surface area contributed by atoms with Crippen LogP contribution in [0.4, 0.5) is 0 Å². The van der Waals surface area contributed by atoms with Crippen LogP contribution >= 0.6 is 0 Å². The van der Waals surface area contributed by atoms with Crippen LogP contribution < -0.4 is 4.74 Å². The van der Waals surface area contributed by atoms with Gasteiger partial charge in [0.2, 0.25) is 6.29 Å². The molecule has 0 radical (unpaired) electrons. The first-order valence-corrected chi connectivity index (χ1v) is 5.60. The fourth-order valence-electron chi connectivity index (χ4n) is 1.49. The first kappa shape index (κ1) is 11.2. The predicted molar refractivity (Wildman–Crippen MR) is 65.3 cm³/mol. The van der Waals surface area contributed by atoms with Gasteiger partial charge in [-0.3, -0.25) is 0 Å². The summed E-state index contributed by atoms with van der Waals surface area (Å²) >= 11 is 0. The van der Waals surface area contributed by atoms with E-state index in [0.717, 1.165) is 11.3 Å². The van der Waals surface area contributed by atoms with E-state index in [0.29, 0.717) is 6.61 Å². The Balaban J connectivity index is 1.98. The Kier molecular flexibility index (Phi) is 3.01. The maximum absolute atomic E-state index is 5.72. The predicted octanol–water partition coefficient (Wildman–Crippen LogP) is 3.48. The maximum atomic E-state index is 5.72. The molecule has 0 bridgehead atoms. The highest BCUT2D eigenvalue weighted by Crippen LogP contribution is 2.26. The average Bonchev–Trinajstić information content (AvgIpc) is 2.25. The van der Waals surface area contributed by atoms with E-state index in [-0.39, 0.29) is 11.7 Å². The average molecular weight is 218 g/mol. The van der Waals surface area contributed by atoms with Gasteiger partial charge in [0.1, 0.15) is 5.75 Å². The van der Waals surface area contributed by atoms with Crippen molar-refractivity contribution in [1.82, 2.24) is 0 Å². The summed E-state index contributed by atoms with van der Waals surface area (Å²) in [5.41, 5.74) is 1.27. The van der Waals surface area contributed by atoms with Crippen LogP contribution in [0, 0.1) is 5.41 Å². The highest BCUT2D eigenvalue weighted by Gasteiger charge is 2.18. The number of rotatable bonds is 2. The molecule has 2 heteroatoms. The molecule has 2 nitrogen and oxygen atoms in total. The Hall–Kier alpha value is -1.28. The molecule has 0 amide bonds. The van der Waals surface area contributed by atoms with Gasteiger partial charge in [-0.15, -0.1) is 0 Å². The number of hydrogen-bond donors (Lipinski definition) is 0. The summed E-state index contributed by atoms with van der Waals surface area (Å²) in [5.74, 6) is 0.893. The zero-order chi connectivity index (χ0) is 11.6. The third-order valence-electron chi connectivity index (χ3n) is 2.28. The molecule has 1 atom stereocenters. The van der Waals surface area contributed by atoms with E-state index in [1.165, 1.54) is 0 Å². The maximum Gasteiger partial charge on any atom is 0.220 e. The number of hydrogen-bond acceptors (Lipinski definition) is 2. The number of fused-ring (bicyclic) bond motifs is 1. The second kappa shape index (κ2) is 4.30. The van der Waals surface area contributed by atoms with Gasteiger partial charge in [0.15, 0.2) is 0 Å². The lowest BCUT2D eigenvalue weighted by Crippen LogP contribution is -2.26. The Bertz CT molecular complexity index is 388. The molecule has 16 heavy (non-hydrogen) atoms. The van der Waals surface area contributed by atoms with E-state index in [1.54, 1.807) is 0 Å². The molecule has 1 unspecified atom stereocenters. The van der Waals surface area contributed by atoms with Gasteiger partial charge in [-0.25, -0.2) is 0 Å². The van der Waals surface area contributed by atoms with Crippen LogP contribution in [0.25, 0.3) is 6.08 Å². The molecule has 1 aliphatic rings. The molecule has 0 spiro atoms. The fourth-order valence-corrected chi connectivity index (χ4v) is 1.49. The minimum atomic E-state index is -0.255. The van der Waals surface area contributed by atoms with Crippen LogP contribution in [0.1, 0.15) is 26.3 Å². The van der Waals surface area contributed by atoms with Crippen LogP contribution in [0.3, 0.4) is 0 Å². The van der Waals surface area contributed by atoms with Crippen molar-refractivity contribution in [2.24, 2.45) is 5.41 Å². The molecule has 1 aromatic carbocycles. The lowest BCUT2D eigenvalue weighted by Gasteiger charge is -2.25. The van der Waals surface area contributed by atoms with Gasteiger partial charge in [-0.2, -0.15) is 0 Å². The molecule has 1 heterocycles. The molecular formula is C14H18O2. The lowest BCUT2D eigenvalue weighted by atomic mass is 9.99. The van der Waals surface area contributed by atoms with Crippen LogP contribution in [0.2, 0.25) is 0 Å². The molecule has 0 N–H and O–H groups in total. The minimum absolute atomic E-state index is 0.161. The van der Waals surface area contributed by atoms with Crippen LogP contribution in [0.15, 0.2) is 30.3 Å². The van der Waals surface area contributed by atoms with E-state index >= 15 is 0 Å². The van der Waals surface area contributed by atoms with Crippen molar-refractivity contribution in [2.45, 2.75) is 27.1 Å². The van der Waals surface area contributed by atoms with Gasteiger partial charge in [-0.1, -0.05) is 39.0 Å². The van der Waals surface area contributed by atoms with E-state index < -0.39 is 0 Å². The van der Waals surface area contributed by atoms with Crippen molar-refractivity contribution < 1.29 is 9.47 Å². The summed E-state index contributed by atoms with van der Waals surface area (Å²) < 4.78 is 11.4. The Morgan fingerprint density at radius 2 is 2.00 bits per heavy atom. The van der Waals surface area contributed by atoms with Gasteiger partial charge in [0, 0.05) is 5.56 Å². The quantitative estimate of drug-likeness (QED) is 0.756. The summed E-state index contributed by atoms with van der Waals surface area (Å²) in [5, 5.41) is 0. The van der Waals surface area contributed by atoms with E-state index in [2.05, 4.69) is 20.8 Å². The van der Waals surface area contributed by atoms with Crippen molar-refractivity contribution in [3.05, 3.63) is 35.9 Å². The molecule has 0 fully saturated rings. The summed E-state index contributed by atoms with van der Waals surface area (Å²) in [6, 6.07) is 7.97. The van der Waals surface area contributed by atoms with Crippen molar-refractivity contribution in [2.75, 3.05) is 6.61 Å². The van der Waals surface area contributed by atoms with E-state index in [4.69, 9.17) is 9.47 Å². The summed E-state index contributed by atoms with van der Waals surface area (Å²) in [6.07, 6.45) is 3.74. The van der Waals surface area contributed by atoms with Crippen LogP contribution in [-0.2, 0) is 4.74 Å². The molecule has 0 saturated heterocycles. The smallest absolute Gasteiger partial charge is 0.220 e. The van der Waals surface area contributed by atoms with Crippen molar-refractivity contribution in [3.8, 4) is 5.75 Å². The molecule has 0 aromatic heterocycles. The van der Waals surface area contributed by atoms with Crippen molar-refractivity contribution in [1.29, 1.82) is 0 Å². The molecule has 0 aliphatic carbocycles. The minimum Gasteiger partial charge on any atom is -0.461 e. The summed E-state index contributed by atoms with van der Waals surface area (Å²) in [7, 11) is 0. The third kappa shape index (κ3) is 2.86. The van der Waals surface area contributed by atoms with E-state index in [1.807, 2.05) is 36.4 Å². The zero-order valence-corrected chi connectivity index (χ0v) is 10.1. The highest BCUT2D eigenvalue weighted by molar-refractivity contribution is 5.59. The van der Waals surface area contributed by atoms with Gasteiger partial charge >= 0.3 is 0 Å². The summed E-state index contributed by atoms with van der Waals surface area (Å²) in [4.78, 5) is 0. The molecule has 1 aliphatic heterocycles. The molecule has 1 aromatic rings. The van der Waals surface area contributed by atoms with E-state index in [9.17, 15) is 0 Å². The first-order chi connectivity index (χ1) is 7.54. The molecule has 2 rings (SSSR count). The monoisotopic (exact) mass is 218 g/mol. The second-order valence-electron chi connectivity index (χ2n) is 5.25. The third-order valence-corrected chi connectivity index (χ3v) is 2.28. The van der Waals surface area contributed by atoms with Gasteiger partial charge in [0.25, 0.3) is 0 Å². The van der Waals surface area contributed by atoms with Crippen molar-refractivity contribution >= 4 is 6.08 Å². The standard InChI is InChI=1S/C14H18O2/c1-14(2,3)10-15-13-9-8-11-6-4-5-7-12(11)16-13/h4-9,13H,10H2,1-3H3. The Morgan fingerprint density at radius 1 is 1.25 bits per heavy atom. The number of para-hydroxylation sites is 1. The molecule has 0 saturated carbocycles.